The molecule has 0 heterocycles. The van der Waals surface area contributed by atoms with Gasteiger partial charge < -0.3 is 5.73 Å². The molecule has 0 aliphatic heterocycles. The molecule has 0 fully saturated rings. The third kappa shape index (κ3) is 3.11. The second kappa shape index (κ2) is 5.54. The molecule has 0 aromatic heterocycles. The zero-order chi connectivity index (χ0) is 15.8. The number of halogens is 2. The minimum atomic E-state index is -3.96. The molecule has 0 aliphatic carbocycles. The zero-order valence-corrected chi connectivity index (χ0v) is 13.0. The summed E-state index contributed by atoms with van der Waals surface area (Å²) in [5, 5.41) is 0.272. The number of hydrogen-bond acceptors (Lipinski definition) is 3. The summed E-state index contributed by atoms with van der Waals surface area (Å²) in [7, 11) is -3.96. The Labute approximate surface area is 127 Å². The number of para-hydroxylation sites is 1. The first-order valence-electron chi connectivity index (χ1n) is 6.06. The normalized spacial score (nSPS) is 11.4. The van der Waals surface area contributed by atoms with Crippen molar-refractivity contribution in [1.82, 2.24) is 0 Å². The van der Waals surface area contributed by atoms with Gasteiger partial charge in [0.15, 0.2) is 0 Å². The van der Waals surface area contributed by atoms with Crippen LogP contribution in [-0.2, 0) is 10.0 Å². The van der Waals surface area contributed by atoms with Crippen LogP contribution in [0.15, 0.2) is 35.2 Å². The molecule has 0 radical (unpaired) electrons. The minimum absolute atomic E-state index is 0.0351. The van der Waals surface area contributed by atoms with Gasteiger partial charge in [-0.15, -0.1) is 0 Å². The van der Waals surface area contributed by atoms with Crippen LogP contribution in [0.4, 0.5) is 15.8 Å². The highest BCUT2D eigenvalue weighted by Gasteiger charge is 2.21. The predicted molar refractivity (Wildman–Crippen MR) is 82.5 cm³/mol. The zero-order valence-electron chi connectivity index (χ0n) is 11.4. The molecule has 2 aromatic rings. The first-order chi connectivity index (χ1) is 9.72. The molecule has 0 saturated heterocycles. The van der Waals surface area contributed by atoms with Crippen molar-refractivity contribution in [2.75, 3.05) is 10.5 Å². The lowest BCUT2D eigenvalue weighted by atomic mass is 10.2. The summed E-state index contributed by atoms with van der Waals surface area (Å²) in [5.74, 6) is -0.641. The summed E-state index contributed by atoms with van der Waals surface area (Å²) in [5.41, 5.74) is 6.62. The predicted octanol–water partition coefficient (Wildman–Crippen LogP) is 3.48. The molecule has 2 aromatic carbocycles. The monoisotopic (exact) mass is 328 g/mol. The number of rotatable bonds is 3. The number of nitrogens with one attached hydrogen (secondary N) is 1. The fraction of sp³-hybridized carbons (Fsp3) is 0.143. The van der Waals surface area contributed by atoms with Gasteiger partial charge in [-0.05, 0) is 43.2 Å². The van der Waals surface area contributed by atoms with E-state index in [0.717, 1.165) is 0 Å². The largest absolute Gasteiger partial charge is 0.397 e. The molecular weight excluding hydrogens is 315 g/mol. The van der Waals surface area contributed by atoms with E-state index in [4.69, 9.17) is 17.3 Å². The van der Waals surface area contributed by atoms with Gasteiger partial charge in [-0.25, -0.2) is 12.8 Å². The van der Waals surface area contributed by atoms with Crippen LogP contribution in [0.25, 0.3) is 0 Å². The van der Waals surface area contributed by atoms with Gasteiger partial charge in [0.1, 0.15) is 5.82 Å². The van der Waals surface area contributed by atoms with Crippen LogP contribution in [0.2, 0.25) is 5.02 Å². The average molecular weight is 329 g/mol. The van der Waals surface area contributed by atoms with Crippen molar-refractivity contribution in [2.24, 2.45) is 0 Å². The highest BCUT2D eigenvalue weighted by atomic mass is 35.5. The Morgan fingerprint density at radius 1 is 1.19 bits per heavy atom. The van der Waals surface area contributed by atoms with Crippen molar-refractivity contribution in [2.45, 2.75) is 18.7 Å². The molecule has 0 bridgehead atoms. The van der Waals surface area contributed by atoms with Gasteiger partial charge in [-0.3, -0.25) is 4.72 Å². The maximum Gasteiger partial charge on any atom is 0.262 e. The maximum absolute atomic E-state index is 13.8. The fourth-order valence-corrected chi connectivity index (χ4v) is 3.53. The molecular formula is C14H14ClFN2O2S. The standard InChI is InChI=1S/C14H14ClFN2O2S/c1-8-4-3-5-11(16)14(8)18-21(19,20)13-7-12(17)10(15)6-9(13)2/h3-7,18H,17H2,1-2H3. The number of nitrogens with two attached hydrogens (primary N) is 1. The molecule has 112 valence electrons. The lowest BCUT2D eigenvalue weighted by molar-refractivity contribution is 0.598. The van der Waals surface area contributed by atoms with Crippen molar-refractivity contribution < 1.29 is 12.8 Å². The first kappa shape index (κ1) is 15.6. The van der Waals surface area contributed by atoms with E-state index in [9.17, 15) is 12.8 Å². The van der Waals surface area contributed by atoms with E-state index in [2.05, 4.69) is 4.72 Å². The summed E-state index contributed by atoms with van der Waals surface area (Å²) >= 11 is 5.85. The third-order valence-electron chi connectivity index (χ3n) is 3.04. The van der Waals surface area contributed by atoms with E-state index < -0.39 is 15.8 Å². The van der Waals surface area contributed by atoms with Gasteiger partial charge in [-0.2, -0.15) is 0 Å². The Morgan fingerprint density at radius 2 is 1.86 bits per heavy atom. The fourth-order valence-electron chi connectivity index (χ4n) is 1.91. The molecule has 0 spiro atoms. The van der Waals surface area contributed by atoms with Gasteiger partial charge >= 0.3 is 0 Å². The van der Waals surface area contributed by atoms with Crippen LogP contribution in [0.3, 0.4) is 0 Å². The molecule has 7 heteroatoms. The molecule has 4 nitrogen and oxygen atoms in total. The second-order valence-electron chi connectivity index (χ2n) is 4.68. The molecule has 0 aliphatic rings. The lowest BCUT2D eigenvalue weighted by Gasteiger charge is -2.14. The van der Waals surface area contributed by atoms with Gasteiger partial charge in [0.05, 0.1) is 21.3 Å². The van der Waals surface area contributed by atoms with Crippen LogP contribution in [-0.4, -0.2) is 8.42 Å². The van der Waals surface area contributed by atoms with E-state index in [-0.39, 0.29) is 21.3 Å². The number of hydrogen-bond donors (Lipinski definition) is 2. The Kier molecular flexibility index (Phi) is 4.11. The van der Waals surface area contributed by atoms with Crippen LogP contribution in [0.1, 0.15) is 11.1 Å². The smallest absolute Gasteiger partial charge is 0.262 e. The second-order valence-corrected chi connectivity index (χ2v) is 6.73. The molecule has 2 rings (SSSR count). The average Bonchev–Trinajstić information content (AvgIpc) is 2.38. The number of sulfonamides is 1. The van der Waals surface area contributed by atoms with Gasteiger partial charge in [-0.1, -0.05) is 23.7 Å². The molecule has 0 atom stereocenters. The van der Waals surface area contributed by atoms with Crippen molar-refractivity contribution in [3.63, 3.8) is 0 Å². The summed E-state index contributed by atoms with van der Waals surface area (Å²) in [6.07, 6.45) is 0. The molecule has 0 saturated carbocycles. The molecule has 3 N–H and O–H groups in total. The van der Waals surface area contributed by atoms with Crippen LogP contribution >= 0.6 is 11.6 Å². The van der Waals surface area contributed by atoms with E-state index >= 15 is 0 Å². The summed E-state index contributed by atoms with van der Waals surface area (Å²) < 4.78 is 40.9. The van der Waals surface area contributed by atoms with E-state index in [1.807, 2.05) is 0 Å². The third-order valence-corrected chi connectivity index (χ3v) is 4.86. The molecule has 0 unspecified atom stereocenters. The van der Waals surface area contributed by atoms with E-state index in [0.29, 0.717) is 11.1 Å². The van der Waals surface area contributed by atoms with E-state index in [1.165, 1.54) is 24.3 Å². The Hall–Kier alpha value is -1.79. The summed E-state index contributed by atoms with van der Waals surface area (Å²) in [6, 6.07) is 7.03. The number of nitrogen functional groups attached to an aromatic ring is 1. The number of anilines is 2. The SMILES string of the molecule is Cc1cc(Cl)c(N)cc1S(=O)(=O)Nc1c(C)cccc1F. The van der Waals surface area contributed by atoms with Crippen molar-refractivity contribution in [1.29, 1.82) is 0 Å². The topological polar surface area (TPSA) is 72.2 Å². The van der Waals surface area contributed by atoms with Crippen LogP contribution < -0.4 is 10.5 Å². The summed E-state index contributed by atoms with van der Waals surface area (Å²) in [4.78, 5) is -0.0351. The minimum Gasteiger partial charge on any atom is -0.397 e. The van der Waals surface area contributed by atoms with Gasteiger partial charge in [0.2, 0.25) is 0 Å². The van der Waals surface area contributed by atoms with Crippen molar-refractivity contribution in [3.05, 3.63) is 52.3 Å². The highest BCUT2D eigenvalue weighted by Crippen LogP contribution is 2.29. The Bertz CT molecular complexity index is 787. The summed E-state index contributed by atoms with van der Waals surface area (Å²) in [6.45, 7) is 3.21. The van der Waals surface area contributed by atoms with E-state index in [1.54, 1.807) is 19.9 Å². The number of benzene rings is 2. The van der Waals surface area contributed by atoms with Crippen molar-refractivity contribution in [3.8, 4) is 0 Å². The van der Waals surface area contributed by atoms with Crippen molar-refractivity contribution >= 4 is 33.0 Å². The number of aryl methyl sites for hydroxylation is 2. The molecule has 21 heavy (non-hydrogen) atoms. The maximum atomic E-state index is 13.8. The lowest BCUT2D eigenvalue weighted by Crippen LogP contribution is -2.16. The van der Waals surface area contributed by atoms with Gasteiger partial charge in [0.25, 0.3) is 10.0 Å². The van der Waals surface area contributed by atoms with Crippen LogP contribution in [0.5, 0.6) is 0 Å². The van der Waals surface area contributed by atoms with Gasteiger partial charge in [0, 0.05) is 0 Å². The first-order valence-corrected chi connectivity index (χ1v) is 7.92. The quantitative estimate of drug-likeness (QED) is 0.847. The highest BCUT2D eigenvalue weighted by molar-refractivity contribution is 7.92. The molecule has 0 amide bonds. The van der Waals surface area contributed by atoms with Crippen LogP contribution in [0, 0.1) is 19.7 Å². The Balaban J connectivity index is 2.51. The Morgan fingerprint density at radius 3 is 2.48 bits per heavy atom.